The molecule has 0 radical (unpaired) electrons. The average molecular weight is 353 g/mol. The topological polar surface area (TPSA) is 64.3 Å². The summed E-state index contributed by atoms with van der Waals surface area (Å²) < 4.78 is 5.20. The molecule has 1 aromatic heterocycles. The van der Waals surface area contributed by atoms with E-state index in [0.717, 1.165) is 51.0 Å². The summed E-state index contributed by atoms with van der Waals surface area (Å²) in [5, 5.41) is 3.67. The van der Waals surface area contributed by atoms with Crippen molar-refractivity contribution in [2.24, 2.45) is 0 Å². The number of ether oxygens (including phenoxy) is 1. The molecule has 0 unspecified atom stereocenters. The van der Waals surface area contributed by atoms with E-state index in [-0.39, 0.29) is 11.9 Å². The Hall–Kier alpha value is -1.44. The predicted octanol–water partition coefficient (Wildman–Crippen LogP) is -1.23. The van der Waals surface area contributed by atoms with Crippen LogP contribution in [0.5, 0.6) is 0 Å². The van der Waals surface area contributed by atoms with Crippen molar-refractivity contribution in [1.29, 1.82) is 0 Å². The second-order valence-corrected chi connectivity index (χ2v) is 7.82. The van der Waals surface area contributed by atoms with Gasteiger partial charge in [0.25, 0.3) is 5.91 Å². The van der Waals surface area contributed by atoms with Crippen molar-refractivity contribution in [3.05, 3.63) is 16.0 Å². The van der Waals surface area contributed by atoms with E-state index in [1.165, 1.54) is 14.7 Å². The lowest BCUT2D eigenvalue weighted by Gasteiger charge is -2.26. The maximum Gasteiger partial charge on any atom is 0.341 e. The number of thiophene rings is 1. The van der Waals surface area contributed by atoms with Gasteiger partial charge in [-0.1, -0.05) is 0 Å². The lowest BCUT2D eigenvalue weighted by molar-refractivity contribution is -0.999. The van der Waals surface area contributed by atoms with Crippen LogP contribution in [0.1, 0.15) is 34.1 Å². The van der Waals surface area contributed by atoms with Crippen LogP contribution in [-0.2, 0) is 22.4 Å². The molecule has 3 rings (SSSR count). The maximum atomic E-state index is 12.4. The second kappa shape index (κ2) is 7.63. The van der Waals surface area contributed by atoms with E-state index in [0.29, 0.717) is 23.7 Å². The lowest BCUT2D eigenvalue weighted by atomic mass is 10.1. The Labute approximate surface area is 146 Å². The van der Waals surface area contributed by atoms with Crippen molar-refractivity contribution < 1.29 is 24.1 Å². The highest BCUT2D eigenvalue weighted by Crippen LogP contribution is 2.39. The Morgan fingerprint density at radius 3 is 2.67 bits per heavy atom. The van der Waals surface area contributed by atoms with Crippen molar-refractivity contribution in [2.75, 3.05) is 51.7 Å². The second-order valence-electron chi connectivity index (χ2n) is 6.71. The van der Waals surface area contributed by atoms with Crippen molar-refractivity contribution in [3.63, 3.8) is 0 Å². The third-order valence-corrected chi connectivity index (χ3v) is 6.08. The Morgan fingerprint density at radius 1 is 1.21 bits per heavy atom. The van der Waals surface area contributed by atoms with Crippen LogP contribution in [0.15, 0.2) is 0 Å². The molecule has 1 saturated heterocycles. The molecule has 7 heteroatoms. The van der Waals surface area contributed by atoms with Crippen molar-refractivity contribution >= 4 is 28.2 Å². The fraction of sp³-hybridized carbons (Fsp3) is 0.647. The Morgan fingerprint density at radius 2 is 1.96 bits per heavy atom. The zero-order valence-electron chi connectivity index (χ0n) is 14.5. The summed E-state index contributed by atoms with van der Waals surface area (Å²) in [6.07, 6.45) is 2.98. The maximum absolute atomic E-state index is 12.4. The highest BCUT2D eigenvalue weighted by atomic mass is 32.1. The van der Waals surface area contributed by atoms with Gasteiger partial charge in [-0.25, -0.2) is 4.79 Å². The Bertz CT molecular complexity index is 621. The predicted molar refractivity (Wildman–Crippen MR) is 93.1 cm³/mol. The number of rotatable bonds is 5. The SMILES string of the molecule is CCOC(=O)c1c(NC(=O)C[NH+]2CC[NH+](C)CC2)sc2c1CCC2. The summed E-state index contributed by atoms with van der Waals surface area (Å²) in [7, 11) is 2.19. The quantitative estimate of drug-likeness (QED) is 0.581. The van der Waals surface area contributed by atoms with E-state index < -0.39 is 0 Å². The molecule has 1 aliphatic carbocycles. The molecule has 2 heterocycles. The van der Waals surface area contributed by atoms with Crippen LogP contribution in [0.25, 0.3) is 0 Å². The highest BCUT2D eigenvalue weighted by molar-refractivity contribution is 7.17. The zero-order chi connectivity index (χ0) is 17.1. The van der Waals surface area contributed by atoms with Crippen molar-refractivity contribution in [1.82, 2.24) is 0 Å². The lowest BCUT2D eigenvalue weighted by Crippen LogP contribution is -3.27. The van der Waals surface area contributed by atoms with Gasteiger partial charge in [0.1, 0.15) is 31.2 Å². The summed E-state index contributed by atoms with van der Waals surface area (Å²) in [5.74, 6) is -0.308. The fourth-order valence-corrected chi connectivity index (χ4v) is 4.81. The van der Waals surface area contributed by atoms with Gasteiger partial charge in [-0.05, 0) is 31.7 Å². The molecule has 1 aliphatic heterocycles. The number of aryl methyl sites for hydroxylation is 1. The minimum Gasteiger partial charge on any atom is -0.462 e. The number of carbonyl (C=O) groups is 2. The van der Waals surface area contributed by atoms with Crippen LogP contribution < -0.4 is 15.1 Å². The van der Waals surface area contributed by atoms with Gasteiger partial charge in [0.15, 0.2) is 6.54 Å². The molecule has 1 fully saturated rings. The number of likely N-dealkylation sites (N-methyl/N-ethyl adjacent to an activating group) is 1. The van der Waals surface area contributed by atoms with E-state index in [2.05, 4.69) is 12.4 Å². The normalized spacial score (nSPS) is 22.9. The number of hydrogen-bond acceptors (Lipinski definition) is 4. The van der Waals surface area contributed by atoms with Crippen LogP contribution >= 0.6 is 11.3 Å². The largest absolute Gasteiger partial charge is 0.462 e. The van der Waals surface area contributed by atoms with Gasteiger partial charge in [-0.15, -0.1) is 11.3 Å². The van der Waals surface area contributed by atoms with Crippen LogP contribution in [0, 0.1) is 0 Å². The number of hydrogen-bond donors (Lipinski definition) is 3. The number of quaternary nitrogens is 2. The van der Waals surface area contributed by atoms with Gasteiger partial charge in [0, 0.05) is 4.88 Å². The molecule has 6 nitrogen and oxygen atoms in total. The minimum absolute atomic E-state index is 0.00461. The van der Waals surface area contributed by atoms with E-state index in [1.54, 1.807) is 11.3 Å². The minimum atomic E-state index is -0.303. The molecule has 24 heavy (non-hydrogen) atoms. The molecule has 0 saturated carbocycles. The van der Waals surface area contributed by atoms with Gasteiger partial charge in [0.2, 0.25) is 0 Å². The van der Waals surface area contributed by atoms with Crippen LogP contribution in [-0.4, -0.2) is 58.3 Å². The van der Waals surface area contributed by atoms with Gasteiger partial charge in [0.05, 0.1) is 19.2 Å². The van der Waals surface area contributed by atoms with E-state index >= 15 is 0 Å². The first-order chi connectivity index (χ1) is 11.6. The third kappa shape index (κ3) is 3.79. The number of anilines is 1. The smallest absolute Gasteiger partial charge is 0.341 e. The molecule has 0 spiro atoms. The van der Waals surface area contributed by atoms with E-state index in [9.17, 15) is 9.59 Å². The third-order valence-electron chi connectivity index (χ3n) is 4.88. The molecule has 0 aromatic carbocycles. The van der Waals surface area contributed by atoms with Crippen molar-refractivity contribution in [2.45, 2.75) is 26.2 Å². The monoisotopic (exact) mass is 353 g/mol. The number of nitrogens with one attached hydrogen (secondary N) is 3. The van der Waals surface area contributed by atoms with Gasteiger partial charge in [-0.3, -0.25) is 4.79 Å². The number of piperazine rings is 1. The van der Waals surface area contributed by atoms with Crippen LogP contribution in [0.4, 0.5) is 5.00 Å². The number of esters is 1. The molecule has 132 valence electrons. The van der Waals surface area contributed by atoms with E-state index in [1.807, 2.05) is 6.92 Å². The Kier molecular flexibility index (Phi) is 5.53. The summed E-state index contributed by atoms with van der Waals surface area (Å²) >= 11 is 1.55. The van der Waals surface area contributed by atoms with Crippen molar-refractivity contribution in [3.8, 4) is 0 Å². The first kappa shape index (κ1) is 17.4. The molecule has 1 aromatic rings. The number of fused-ring (bicyclic) bond motifs is 1. The molecule has 0 atom stereocenters. The molecular weight excluding hydrogens is 326 g/mol. The van der Waals surface area contributed by atoms with E-state index in [4.69, 9.17) is 4.74 Å². The standard InChI is InChI=1S/C17H25N3O3S/c1-3-23-17(22)15-12-5-4-6-13(12)24-16(15)18-14(21)11-20-9-7-19(2)8-10-20/h3-11H2,1-2H3,(H,18,21)/p+2. The molecular formula is C17H27N3O3S+2. The summed E-state index contributed by atoms with van der Waals surface area (Å²) in [4.78, 5) is 28.8. The average Bonchev–Trinajstić information content (AvgIpc) is 3.10. The summed E-state index contributed by atoms with van der Waals surface area (Å²) in [5.41, 5.74) is 1.69. The molecule has 0 bridgehead atoms. The highest BCUT2D eigenvalue weighted by Gasteiger charge is 2.29. The number of carbonyl (C=O) groups excluding carboxylic acids is 2. The molecule has 2 aliphatic rings. The molecule has 1 amide bonds. The Balaban J connectivity index is 1.68. The molecule has 3 N–H and O–H groups in total. The van der Waals surface area contributed by atoms with Gasteiger partial charge < -0.3 is 19.9 Å². The first-order valence-corrected chi connectivity index (χ1v) is 9.66. The zero-order valence-corrected chi connectivity index (χ0v) is 15.3. The van der Waals surface area contributed by atoms with Gasteiger partial charge in [-0.2, -0.15) is 0 Å². The first-order valence-electron chi connectivity index (χ1n) is 8.84. The van der Waals surface area contributed by atoms with Gasteiger partial charge >= 0.3 is 5.97 Å². The number of amides is 1. The summed E-state index contributed by atoms with van der Waals surface area (Å²) in [6, 6.07) is 0. The van der Waals surface area contributed by atoms with Crippen LogP contribution in [0.3, 0.4) is 0 Å². The van der Waals surface area contributed by atoms with Crippen LogP contribution in [0.2, 0.25) is 0 Å². The summed E-state index contributed by atoms with van der Waals surface area (Å²) in [6.45, 7) is 6.87. The fourth-order valence-electron chi connectivity index (χ4n) is 3.52.